The molecule has 35 heavy (non-hydrogen) atoms. The molecule has 13 nitrogen and oxygen atoms in total. The third-order valence-corrected chi connectivity index (χ3v) is 6.35. The van der Waals surface area contributed by atoms with E-state index in [1.165, 1.54) is 0 Å². The molecule has 0 amide bonds. The standard InChI is InChI=1S/C22H40N2O11/c1-21(2)32-15-13(11(25)9-23)30-19(17(15)34-21)28-7-5-27-6-8-29-20-18-16(33-22(3,4)35-18)14(31-20)12(26)10-24/h11-20,25-26H,5-10,23-24H2,1-4H3/t11-,12-,13-,14-,15+,16+,17+,18+,19+,20+/m1/s1. The van der Waals surface area contributed by atoms with Crippen LogP contribution in [0.15, 0.2) is 0 Å². The highest BCUT2D eigenvalue weighted by atomic mass is 16.8. The summed E-state index contributed by atoms with van der Waals surface area (Å²) in [5.74, 6) is -1.60. The van der Waals surface area contributed by atoms with E-state index in [1.807, 2.05) is 0 Å². The lowest BCUT2D eigenvalue weighted by atomic mass is 10.1. The van der Waals surface area contributed by atoms with Crippen LogP contribution in [0.25, 0.3) is 0 Å². The van der Waals surface area contributed by atoms with Crippen LogP contribution < -0.4 is 11.5 Å². The first-order valence-electron chi connectivity index (χ1n) is 12.1. The number of aliphatic hydroxyl groups excluding tert-OH is 2. The third kappa shape index (κ3) is 6.14. The van der Waals surface area contributed by atoms with Gasteiger partial charge in [-0.3, -0.25) is 0 Å². The van der Waals surface area contributed by atoms with E-state index in [0.29, 0.717) is 0 Å². The third-order valence-electron chi connectivity index (χ3n) is 6.35. The molecule has 4 aliphatic rings. The van der Waals surface area contributed by atoms with Gasteiger partial charge in [0.25, 0.3) is 0 Å². The molecule has 0 spiro atoms. The molecular formula is C22H40N2O11. The van der Waals surface area contributed by atoms with Crippen molar-refractivity contribution >= 4 is 0 Å². The van der Waals surface area contributed by atoms with E-state index in [4.69, 9.17) is 54.1 Å². The van der Waals surface area contributed by atoms with Gasteiger partial charge in [-0.2, -0.15) is 0 Å². The molecule has 204 valence electrons. The SMILES string of the molecule is CC1(C)O[C@@H]2[C@H](O1)[C@@H](OCCOCCO[C@H]1O[C@H]([C@H](O)CN)[C@@H]3OC(C)(C)O[C@H]13)O[C@@H]2[C@H](O)CN. The zero-order valence-electron chi connectivity index (χ0n) is 20.7. The molecule has 4 rings (SSSR count). The normalized spacial score (nSPS) is 41.1. The molecule has 0 bridgehead atoms. The lowest BCUT2D eigenvalue weighted by Gasteiger charge is -2.26. The summed E-state index contributed by atoms with van der Waals surface area (Å²) >= 11 is 0. The Labute approximate surface area is 205 Å². The topological polar surface area (TPSA) is 176 Å². The second kappa shape index (κ2) is 11.1. The summed E-state index contributed by atoms with van der Waals surface area (Å²) in [5, 5.41) is 20.3. The monoisotopic (exact) mass is 508 g/mol. The fourth-order valence-corrected chi connectivity index (χ4v) is 4.89. The zero-order valence-corrected chi connectivity index (χ0v) is 20.7. The van der Waals surface area contributed by atoms with Crippen LogP contribution >= 0.6 is 0 Å². The highest BCUT2D eigenvalue weighted by Gasteiger charge is 2.58. The molecule has 0 radical (unpaired) electrons. The minimum atomic E-state index is -0.884. The molecule has 0 unspecified atom stereocenters. The van der Waals surface area contributed by atoms with Gasteiger partial charge in [-0.15, -0.1) is 0 Å². The lowest BCUT2D eigenvalue weighted by Crippen LogP contribution is -2.42. The van der Waals surface area contributed by atoms with Crippen molar-refractivity contribution in [3.63, 3.8) is 0 Å². The van der Waals surface area contributed by atoms with Crippen molar-refractivity contribution in [2.24, 2.45) is 11.5 Å². The molecule has 13 heteroatoms. The predicted octanol–water partition coefficient (Wildman–Crippen LogP) is -1.83. The van der Waals surface area contributed by atoms with Gasteiger partial charge in [0.2, 0.25) is 0 Å². The Bertz CT molecular complexity index is 642. The average molecular weight is 509 g/mol. The molecule has 6 N–H and O–H groups in total. The van der Waals surface area contributed by atoms with Crippen LogP contribution in [0.4, 0.5) is 0 Å². The van der Waals surface area contributed by atoms with Crippen LogP contribution in [0.2, 0.25) is 0 Å². The minimum Gasteiger partial charge on any atom is -0.389 e. The molecule has 4 fully saturated rings. The highest BCUT2D eigenvalue weighted by molar-refractivity contribution is 4.99. The summed E-state index contributed by atoms with van der Waals surface area (Å²) in [6, 6.07) is 0. The molecule has 4 heterocycles. The Hall–Kier alpha value is -0.520. The van der Waals surface area contributed by atoms with Gasteiger partial charge >= 0.3 is 0 Å². The smallest absolute Gasteiger partial charge is 0.187 e. The molecule has 4 aliphatic heterocycles. The van der Waals surface area contributed by atoms with Gasteiger partial charge in [-0.25, -0.2) is 0 Å². The van der Waals surface area contributed by atoms with Gasteiger partial charge in [0, 0.05) is 13.1 Å². The number of rotatable bonds is 12. The lowest BCUT2D eigenvalue weighted by molar-refractivity contribution is -0.247. The Morgan fingerprint density at radius 2 is 1.03 bits per heavy atom. The van der Waals surface area contributed by atoms with Gasteiger partial charge < -0.3 is 64.3 Å². The van der Waals surface area contributed by atoms with E-state index in [0.717, 1.165) is 0 Å². The van der Waals surface area contributed by atoms with E-state index >= 15 is 0 Å². The van der Waals surface area contributed by atoms with Gasteiger partial charge in [-0.1, -0.05) is 0 Å². The summed E-state index contributed by atoms with van der Waals surface area (Å²) in [5.41, 5.74) is 11.2. The van der Waals surface area contributed by atoms with Crippen LogP contribution in [0.5, 0.6) is 0 Å². The summed E-state index contributed by atoms with van der Waals surface area (Å²) in [7, 11) is 0. The van der Waals surface area contributed by atoms with Crippen molar-refractivity contribution in [3.8, 4) is 0 Å². The number of nitrogens with two attached hydrogens (primary N) is 2. The number of ether oxygens (including phenoxy) is 9. The van der Waals surface area contributed by atoms with Crippen molar-refractivity contribution in [3.05, 3.63) is 0 Å². The number of hydrogen-bond donors (Lipinski definition) is 4. The summed E-state index contributed by atoms with van der Waals surface area (Å²) < 4.78 is 52.4. The van der Waals surface area contributed by atoms with Gasteiger partial charge in [0.1, 0.15) is 36.6 Å². The summed E-state index contributed by atoms with van der Waals surface area (Å²) in [4.78, 5) is 0. The second-order valence-corrected chi connectivity index (χ2v) is 10.0. The second-order valence-electron chi connectivity index (χ2n) is 10.0. The number of aliphatic hydroxyl groups is 2. The highest BCUT2D eigenvalue weighted by Crippen LogP contribution is 2.41. The van der Waals surface area contributed by atoms with Gasteiger partial charge in [-0.05, 0) is 27.7 Å². The maximum atomic E-state index is 10.2. The Kier molecular flexibility index (Phi) is 8.70. The van der Waals surface area contributed by atoms with E-state index in [9.17, 15) is 10.2 Å². The Morgan fingerprint density at radius 3 is 1.40 bits per heavy atom. The van der Waals surface area contributed by atoms with Gasteiger partial charge in [0.15, 0.2) is 24.2 Å². The molecule has 4 saturated heterocycles. The van der Waals surface area contributed by atoms with Crippen molar-refractivity contribution in [2.75, 3.05) is 39.5 Å². The molecule has 0 aromatic heterocycles. The summed E-state index contributed by atoms with van der Waals surface area (Å²) in [6.45, 7) is 8.34. The van der Waals surface area contributed by atoms with Crippen LogP contribution in [-0.4, -0.2) is 123 Å². The largest absolute Gasteiger partial charge is 0.389 e. The first-order chi connectivity index (χ1) is 16.5. The van der Waals surface area contributed by atoms with E-state index in [-0.39, 0.29) is 39.5 Å². The maximum Gasteiger partial charge on any atom is 0.187 e. The van der Waals surface area contributed by atoms with Crippen LogP contribution in [-0.2, 0) is 42.6 Å². The first-order valence-corrected chi connectivity index (χ1v) is 12.1. The fraction of sp³-hybridized carbons (Fsp3) is 1.00. The molecule has 0 aromatic rings. The van der Waals surface area contributed by atoms with Crippen LogP contribution in [0, 0.1) is 0 Å². The fourth-order valence-electron chi connectivity index (χ4n) is 4.89. The van der Waals surface area contributed by atoms with E-state index in [1.54, 1.807) is 27.7 Å². The van der Waals surface area contributed by atoms with E-state index in [2.05, 4.69) is 0 Å². The van der Waals surface area contributed by atoms with Crippen molar-refractivity contribution in [1.82, 2.24) is 0 Å². The molecule has 0 aromatic carbocycles. The predicted molar refractivity (Wildman–Crippen MR) is 118 cm³/mol. The number of hydrogen-bond acceptors (Lipinski definition) is 13. The Morgan fingerprint density at radius 1 is 0.657 bits per heavy atom. The van der Waals surface area contributed by atoms with E-state index < -0.39 is 73.0 Å². The Balaban J connectivity index is 1.16. The van der Waals surface area contributed by atoms with Crippen LogP contribution in [0.1, 0.15) is 27.7 Å². The molecule has 10 atom stereocenters. The van der Waals surface area contributed by atoms with Crippen molar-refractivity contribution < 1.29 is 52.8 Å². The minimum absolute atomic E-state index is 0.0421. The maximum absolute atomic E-state index is 10.2. The van der Waals surface area contributed by atoms with Gasteiger partial charge in [0.05, 0.1) is 38.6 Å². The van der Waals surface area contributed by atoms with Crippen molar-refractivity contribution in [2.45, 2.75) is 101 Å². The molecular weight excluding hydrogens is 468 g/mol. The average Bonchev–Trinajstić information content (AvgIpc) is 3.49. The molecule has 0 aliphatic carbocycles. The summed E-state index contributed by atoms with van der Waals surface area (Å²) in [6.07, 6.45) is -6.31. The van der Waals surface area contributed by atoms with Crippen molar-refractivity contribution in [1.29, 1.82) is 0 Å². The number of fused-ring (bicyclic) bond motifs is 2. The van der Waals surface area contributed by atoms with Crippen LogP contribution in [0.3, 0.4) is 0 Å². The zero-order chi connectivity index (χ0) is 25.4. The quantitative estimate of drug-likeness (QED) is 0.217. The molecule has 0 saturated carbocycles. The first kappa shape index (κ1) is 27.5.